The van der Waals surface area contributed by atoms with Crippen LogP contribution in [0.4, 0.5) is 0 Å². The van der Waals surface area contributed by atoms with Gasteiger partial charge in [0.25, 0.3) is 5.56 Å². The van der Waals surface area contributed by atoms with E-state index >= 15 is 0 Å². The first-order valence-electron chi connectivity index (χ1n) is 7.08. The second-order valence-corrected chi connectivity index (χ2v) is 5.62. The first kappa shape index (κ1) is 14.4. The fourth-order valence-corrected chi connectivity index (χ4v) is 2.96. The van der Waals surface area contributed by atoms with Crippen molar-refractivity contribution in [2.24, 2.45) is 0 Å². The lowest BCUT2D eigenvalue weighted by Gasteiger charge is -2.17. The van der Waals surface area contributed by atoms with Crippen LogP contribution in [0.1, 0.15) is 16.8 Å². The van der Waals surface area contributed by atoms with Crippen LogP contribution in [0.3, 0.4) is 0 Å². The van der Waals surface area contributed by atoms with E-state index in [1.54, 1.807) is 4.68 Å². The van der Waals surface area contributed by atoms with Crippen LogP contribution in [-0.2, 0) is 26.1 Å². The normalized spacial score (nSPS) is 14.2. The van der Waals surface area contributed by atoms with Gasteiger partial charge in [-0.3, -0.25) is 9.48 Å². The van der Waals surface area contributed by atoms with E-state index in [1.807, 2.05) is 28.9 Å². The van der Waals surface area contributed by atoms with E-state index in [0.717, 1.165) is 29.8 Å². The third kappa shape index (κ3) is 2.77. The fourth-order valence-electron chi connectivity index (χ4n) is 2.84. The molecule has 112 valence electrons. The van der Waals surface area contributed by atoms with Crippen molar-refractivity contribution in [3.63, 3.8) is 0 Å². The molecule has 3 rings (SSSR count). The quantitative estimate of drug-likeness (QED) is 0.885. The van der Waals surface area contributed by atoms with Gasteiger partial charge in [0.1, 0.15) is 0 Å². The van der Waals surface area contributed by atoms with Crippen LogP contribution < -0.4 is 10.9 Å². The molecule has 0 saturated carbocycles. The monoisotopic (exact) mass is 307 g/mol. The molecule has 2 aromatic rings. The molecular weight excluding hydrogens is 290 g/mol. The fraction of sp³-hybridized carbons (Fsp3) is 0.400. The minimum absolute atomic E-state index is 0.0224. The van der Waals surface area contributed by atoms with Crippen LogP contribution in [-0.4, -0.2) is 27.6 Å². The average molecular weight is 308 g/mol. The van der Waals surface area contributed by atoms with Crippen LogP contribution in [0.5, 0.6) is 0 Å². The van der Waals surface area contributed by atoms with Gasteiger partial charge in [0.2, 0.25) is 0 Å². The minimum Gasteiger partial charge on any atom is -0.394 e. The molecule has 0 fully saturated rings. The lowest BCUT2D eigenvalue weighted by atomic mass is 10.1. The van der Waals surface area contributed by atoms with E-state index in [2.05, 4.69) is 5.32 Å². The second kappa shape index (κ2) is 6.05. The first-order valence-corrected chi connectivity index (χ1v) is 7.46. The molecule has 1 aliphatic heterocycles. The number of rotatable bonds is 4. The summed E-state index contributed by atoms with van der Waals surface area (Å²) in [6, 6.07) is 7.48. The summed E-state index contributed by atoms with van der Waals surface area (Å²) in [5, 5.41) is 13.2. The number of halogens is 1. The van der Waals surface area contributed by atoms with Crippen molar-refractivity contribution in [3.8, 4) is 0 Å². The van der Waals surface area contributed by atoms with Gasteiger partial charge in [0.15, 0.2) is 0 Å². The molecule has 0 unspecified atom stereocenters. The molecule has 2 heterocycles. The highest BCUT2D eigenvalue weighted by molar-refractivity contribution is 6.30. The molecule has 0 amide bonds. The van der Waals surface area contributed by atoms with Crippen molar-refractivity contribution in [1.29, 1.82) is 0 Å². The highest BCUT2D eigenvalue weighted by Gasteiger charge is 2.21. The number of aliphatic hydroxyl groups excluding tert-OH is 1. The van der Waals surface area contributed by atoms with Gasteiger partial charge in [-0.15, -0.1) is 0 Å². The van der Waals surface area contributed by atoms with Crippen molar-refractivity contribution in [3.05, 3.63) is 56.5 Å². The Labute approximate surface area is 127 Å². The lowest BCUT2D eigenvalue weighted by Crippen LogP contribution is -2.27. The standard InChI is InChI=1S/C15H18ClN3O2/c16-12-3-1-11(2-4-12)10-19-15(21)13-9-17-6-5-14(13)18(19)7-8-20/h1-4,17,20H,5-10H2. The molecular formula is C15H18ClN3O2. The zero-order valence-electron chi connectivity index (χ0n) is 11.7. The van der Waals surface area contributed by atoms with Gasteiger partial charge in [0, 0.05) is 30.2 Å². The predicted octanol–water partition coefficient (Wildman–Crippen LogP) is 0.989. The number of aliphatic hydroxyl groups is 1. The number of hydrogen-bond donors (Lipinski definition) is 2. The Morgan fingerprint density at radius 3 is 2.71 bits per heavy atom. The number of hydrogen-bond acceptors (Lipinski definition) is 3. The van der Waals surface area contributed by atoms with Crippen LogP contribution in [0.15, 0.2) is 29.1 Å². The molecule has 0 bridgehead atoms. The minimum atomic E-state index is 0.0224. The van der Waals surface area contributed by atoms with Crippen LogP contribution in [0.2, 0.25) is 5.02 Å². The molecule has 21 heavy (non-hydrogen) atoms. The topological polar surface area (TPSA) is 59.2 Å². The summed E-state index contributed by atoms with van der Waals surface area (Å²) in [6.45, 7) is 2.42. The zero-order chi connectivity index (χ0) is 14.8. The van der Waals surface area contributed by atoms with Crippen molar-refractivity contribution >= 4 is 11.6 Å². The third-order valence-corrected chi connectivity index (χ3v) is 4.09. The maximum atomic E-state index is 12.6. The molecule has 1 aromatic heterocycles. The van der Waals surface area contributed by atoms with Gasteiger partial charge in [0.05, 0.1) is 25.3 Å². The van der Waals surface area contributed by atoms with Crippen LogP contribution in [0, 0.1) is 0 Å². The van der Waals surface area contributed by atoms with E-state index in [0.29, 0.717) is 24.7 Å². The number of nitrogens with zero attached hydrogens (tertiary/aromatic N) is 2. The Kier molecular flexibility index (Phi) is 4.14. The van der Waals surface area contributed by atoms with Crippen molar-refractivity contribution in [2.75, 3.05) is 13.2 Å². The van der Waals surface area contributed by atoms with Crippen LogP contribution in [0.25, 0.3) is 0 Å². The predicted molar refractivity (Wildman–Crippen MR) is 81.7 cm³/mol. The molecule has 0 aliphatic carbocycles. The smallest absolute Gasteiger partial charge is 0.271 e. The Morgan fingerprint density at radius 2 is 2.00 bits per heavy atom. The molecule has 6 heteroatoms. The highest BCUT2D eigenvalue weighted by Crippen LogP contribution is 2.14. The molecule has 0 radical (unpaired) electrons. The molecule has 0 spiro atoms. The van der Waals surface area contributed by atoms with Crippen molar-refractivity contribution < 1.29 is 5.11 Å². The molecule has 5 nitrogen and oxygen atoms in total. The van der Waals surface area contributed by atoms with E-state index in [-0.39, 0.29) is 12.2 Å². The van der Waals surface area contributed by atoms with Gasteiger partial charge in [-0.05, 0) is 17.7 Å². The summed E-state index contributed by atoms with van der Waals surface area (Å²) >= 11 is 5.89. The van der Waals surface area contributed by atoms with E-state index < -0.39 is 0 Å². The highest BCUT2D eigenvalue weighted by atomic mass is 35.5. The Hall–Kier alpha value is -1.56. The van der Waals surface area contributed by atoms with Crippen molar-refractivity contribution in [2.45, 2.75) is 26.1 Å². The lowest BCUT2D eigenvalue weighted by molar-refractivity contribution is 0.254. The molecule has 2 N–H and O–H groups in total. The zero-order valence-corrected chi connectivity index (χ0v) is 12.4. The number of fused-ring (bicyclic) bond motifs is 1. The summed E-state index contributed by atoms with van der Waals surface area (Å²) in [4.78, 5) is 12.6. The van der Waals surface area contributed by atoms with Gasteiger partial charge in [-0.25, -0.2) is 4.68 Å². The molecule has 1 aliphatic rings. The largest absolute Gasteiger partial charge is 0.394 e. The number of benzene rings is 1. The molecule has 1 aromatic carbocycles. The Balaban J connectivity index is 2.02. The summed E-state index contributed by atoms with van der Waals surface area (Å²) in [7, 11) is 0. The van der Waals surface area contributed by atoms with E-state index in [9.17, 15) is 9.90 Å². The maximum absolute atomic E-state index is 12.6. The number of aromatic nitrogens is 2. The summed E-state index contributed by atoms with van der Waals surface area (Å²) in [5.74, 6) is 0. The third-order valence-electron chi connectivity index (χ3n) is 3.84. The van der Waals surface area contributed by atoms with Gasteiger partial charge in [-0.2, -0.15) is 0 Å². The molecule has 0 saturated heterocycles. The maximum Gasteiger partial charge on any atom is 0.271 e. The van der Waals surface area contributed by atoms with Gasteiger partial charge >= 0.3 is 0 Å². The number of nitrogens with one attached hydrogen (secondary N) is 1. The van der Waals surface area contributed by atoms with Gasteiger partial charge in [-0.1, -0.05) is 23.7 Å². The summed E-state index contributed by atoms with van der Waals surface area (Å²) < 4.78 is 3.64. The SMILES string of the molecule is O=c1c2c(n(CCO)n1Cc1ccc(Cl)cc1)CCNC2. The average Bonchev–Trinajstić information content (AvgIpc) is 2.76. The van der Waals surface area contributed by atoms with Crippen molar-refractivity contribution in [1.82, 2.24) is 14.7 Å². The van der Waals surface area contributed by atoms with E-state index in [4.69, 9.17) is 11.6 Å². The van der Waals surface area contributed by atoms with Crippen LogP contribution >= 0.6 is 11.6 Å². The summed E-state index contributed by atoms with van der Waals surface area (Å²) in [5.41, 5.74) is 2.91. The second-order valence-electron chi connectivity index (χ2n) is 5.19. The van der Waals surface area contributed by atoms with Gasteiger partial charge < -0.3 is 10.4 Å². The Morgan fingerprint density at radius 1 is 1.24 bits per heavy atom. The summed E-state index contributed by atoms with van der Waals surface area (Å²) in [6.07, 6.45) is 0.818. The molecule has 0 atom stereocenters. The van der Waals surface area contributed by atoms with E-state index in [1.165, 1.54) is 0 Å². The first-order chi connectivity index (χ1) is 10.2. The Bertz CT molecular complexity index is 688.